The molecular weight excluding hydrogens is 174 g/mol. The number of nitrogens with one attached hydrogen (secondary N) is 1. The molecule has 68 valence electrons. The van der Waals surface area contributed by atoms with Gasteiger partial charge in [0.25, 0.3) is 11.2 Å². The number of aromatic nitrogens is 4. The predicted molar refractivity (Wildman–Crippen MR) is 44.7 cm³/mol. The highest BCUT2D eigenvalue weighted by Crippen LogP contribution is 2.01. The summed E-state index contributed by atoms with van der Waals surface area (Å²) in [6.45, 7) is 0. The molecule has 0 atom stereocenters. The summed E-state index contributed by atoms with van der Waals surface area (Å²) in [5.74, 6) is -0.000648. The first-order valence-corrected chi connectivity index (χ1v) is 3.53. The van der Waals surface area contributed by atoms with E-state index < -0.39 is 5.56 Å². The highest BCUT2D eigenvalue weighted by Gasteiger charge is 2.14. The third-order valence-corrected chi connectivity index (χ3v) is 1.73. The van der Waals surface area contributed by atoms with Crippen molar-refractivity contribution < 1.29 is 4.73 Å². The van der Waals surface area contributed by atoms with E-state index in [-0.39, 0.29) is 17.1 Å². The molecule has 0 aliphatic carbocycles. The number of nitrogens with zero attached hydrogens (tertiary/aromatic N) is 3. The van der Waals surface area contributed by atoms with Gasteiger partial charge >= 0.3 is 5.56 Å². The Morgan fingerprint density at radius 2 is 2.46 bits per heavy atom. The van der Waals surface area contributed by atoms with Crippen LogP contribution < -0.4 is 16.0 Å². The van der Waals surface area contributed by atoms with Crippen molar-refractivity contribution in [1.29, 1.82) is 0 Å². The summed E-state index contributed by atoms with van der Waals surface area (Å²) in [7, 11) is 1.61. The Balaban J connectivity index is 3.06. The Bertz CT molecular complexity index is 526. The minimum atomic E-state index is -0.530. The van der Waals surface area contributed by atoms with E-state index in [4.69, 9.17) is 5.73 Å². The van der Waals surface area contributed by atoms with Gasteiger partial charge < -0.3 is 10.9 Å². The molecule has 0 saturated heterocycles. The molecule has 7 heteroatoms. The number of fused-ring (bicyclic) bond motifs is 1. The molecule has 0 aliphatic rings. The molecule has 0 saturated carbocycles. The zero-order valence-corrected chi connectivity index (χ0v) is 6.81. The number of H-pyrrole nitrogens is 1. The molecule has 2 heterocycles. The topological polar surface area (TPSA) is 104 Å². The van der Waals surface area contributed by atoms with E-state index in [0.29, 0.717) is 4.73 Å². The van der Waals surface area contributed by atoms with E-state index in [1.165, 1.54) is 10.9 Å². The molecule has 0 aromatic carbocycles. The number of nitrogen functional groups attached to an aromatic ring is 1. The maximum Gasteiger partial charge on any atom is 0.304 e. The second kappa shape index (κ2) is 2.22. The SMILES string of the molecule is Cn1c[n+]([O-])c2c(=O)[nH]c(N)nc21. The quantitative estimate of drug-likeness (QED) is 0.380. The maximum absolute atomic E-state index is 11.2. The summed E-state index contributed by atoms with van der Waals surface area (Å²) in [4.78, 5) is 17.3. The van der Waals surface area contributed by atoms with Gasteiger partial charge in [-0.15, -0.1) is 0 Å². The minimum absolute atomic E-state index is 0.000648. The number of nitrogens with two attached hydrogens (primary N) is 1. The molecule has 2 aromatic rings. The molecule has 0 spiro atoms. The van der Waals surface area contributed by atoms with Gasteiger partial charge in [0.05, 0.1) is 7.05 Å². The van der Waals surface area contributed by atoms with E-state index in [1.54, 1.807) is 7.05 Å². The van der Waals surface area contributed by atoms with Gasteiger partial charge in [-0.2, -0.15) is 4.98 Å². The first-order chi connectivity index (χ1) is 6.09. The second-order valence-electron chi connectivity index (χ2n) is 2.68. The molecule has 7 nitrogen and oxygen atoms in total. The second-order valence-corrected chi connectivity index (χ2v) is 2.68. The molecule has 0 amide bonds. The summed E-state index contributed by atoms with van der Waals surface area (Å²) >= 11 is 0. The standard InChI is InChI=1S/C6H7N5O2/c1-10-2-11(13)3-4(10)8-6(7)9-5(3)12/h2H,1H3,(H3,7,8,9,12). The summed E-state index contributed by atoms with van der Waals surface area (Å²) in [5.41, 5.74) is 5.03. The number of imidazole rings is 1. The molecule has 0 unspecified atom stereocenters. The largest absolute Gasteiger partial charge is 0.710 e. The van der Waals surface area contributed by atoms with Crippen LogP contribution in [0.15, 0.2) is 11.1 Å². The van der Waals surface area contributed by atoms with Crippen LogP contribution in [0.4, 0.5) is 5.95 Å². The van der Waals surface area contributed by atoms with Crippen LogP contribution >= 0.6 is 0 Å². The maximum atomic E-state index is 11.2. The lowest BCUT2D eigenvalue weighted by atomic mass is 10.5. The summed E-state index contributed by atoms with van der Waals surface area (Å²) in [5, 5.41) is 11.1. The molecule has 2 aromatic heterocycles. The highest BCUT2D eigenvalue weighted by molar-refractivity contribution is 5.66. The number of hydrogen-bond acceptors (Lipinski definition) is 4. The highest BCUT2D eigenvalue weighted by atomic mass is 16.5. The Labute approximate surface area is 72.0 Å². The molecule has 0 aliphatic heterocycles. The van der Waals surface area contributed by atoms with Gasteiger partial charge in [-0.25, -0.2) is 9.30 Å². The van der Waals surface area contributed by atoms with E-state index in [1.807, 2.05) is 0 Å². The predicted octanol–water partition coefficient (Wildman–Crippen LogP) is -1.52. The van der Waals surface area contributed by atoms with Crippen LogP contribution in [-0.2, 0) is 7.05 Å². The van der Waals surface area contributed by atoms with Gasteiger partial charge in [-0.05, 0) is 0 Å². The van der Waals surface area contributed by atoms with Crippen molar-refractivity contribution in [2.75, 3.05) is 5.73 Å². The van der Waals surface area contributed by atoms with Crippen molar-refractivity contribution in [1.82, 2.24) is 14.5 Å². The van der Waals surface area contributed by atoms with Gasteiger partial charge in [0.15, 0.2) is 0 Å². The third-order valence-electron chi connectivity index (χ3n) is 1.73. The Morgan fingerprint density at radius 3 is 3.15 bits per heavy atom. The van der Waals surface area contributed by atoms with Crippen molar-refractivity contribution in [3.63, 3.8) is 0 Å². The van der Waals surface area contributed by atoms with Crippen molar-refractivity contribution in [3.8, 4) is 0 Å². The van der Waals surface area contributed by atoms with Crippen LogP contribution in [-0.4, -0.2) is 14.5 Å². The fraction of sp³-hybridized carbons (Fsp3) is 0.167. The number of hydrogen-bond donors (Lipinski definition) is 2. The van der Waals surface area contributed by atoms with Gasteiger partial charge in [0.2, 0.25) is 12.3 Å². The Morgan fingerprint density at radius 1 is 1.77 bits per heavy atom. The molecule has 3 N–H and O–H groups in total. The van der Waals surface area contributed by atoms with Crippen molar-refractivity contribution in [3.05, 3.63) is 21.9 Å². The lowest BCUT2D eigenvalue weighted by Crippen LogP contribution is -2.29. The summed E-state index contributed by atoms with van der Waals surface area (Å²) in [6.07, 6.45) is 1.21. The molecule has 0 bridgehead atoms. The van der Waals surface area contributed by atoms with Crippen LogP contribution in [0.25, 0.3) is 11.2 Å². The van der Waals surface area contributed by atoms with E-state index in [2.05, 4.69) is 9.97 Å². The van der Waals surface area contributed by atoms with Crippen molar-refractivity contribution >= 4 is 17.1 Å². The number of rotatable bonds is 0. The minimum Gasteiger partial charge on any atom is -0.710 e. The number of aromatic amines is 1. The van der Waals surface area contributed by atoms with Crippen LogP contribution in [0.3, 0.4) is 0 Å². The van der Waals surface area contributed by atoms with Crippen LogP contribution in [0, 0.1) is 5.21 Å². The molecule has 0 radical (unpaired) electrons. The zero-order chi connectivity index (χ0) is 9.59. The lowest BCUT2D eigenvalue weighted by Gasteiger charge is -1.94. The fourth-order valence-electron chi connectivity index (χ4n) is 1.19. The average Bonchev–Trinajstić information content (AvgIpc) is 2.27. The molecular formula is C6H7N5O2. The normalized spacial score (nSPS) is 10.8. The van der Waals surface area contributed by atoms with E-state index in [0.717, 1.165) is 0 Å². The van der Waals surface area contributed by atoms with E-state index >= 15 is 0 Å². The number of aryl methyl sites for hydroxylation is 1. The Kier molecular flexibility index (Phi) is 1.30. The fourth-order valence-corrected chi connectivity index (χ4v) is 1.19. The molecule has 2 rings (SSSR count). The van der Waals surface area contributed by atoms with Crippen molar-refractivity contribution in [2.24, 2.45) is 7.05 Å². The lowest BCUT2D eigenvalue weighted by molar-refractivity contribution is -0.578. The van der Waals surface area contributed by atoms with Crippen LogP contribution in [0.1, 0.15) is 0 Å². The molecule has 0 fully saturated rings. The van der Waals surface area contributed by atoms with Crippen molar-refractivity contribution in [2.45, 2.75) is 0 Å². The first kappa shape index (κ1) is 7.59. The van der Waals surface area contributed by atoms with Gasteiger partial charge in [0.1, 0.15) is 0 Å². The Hall–Kier alpha value is -2.05. The smallest absolute Gasteiger partial charge is 0.304 e. The zero-order valence-electron chi connectivity index (χ0n) is 6.81. The summed E-state index contributed by atoms with van der Waals surface area (Å²) in [6, 6.07) is 0. The monoisotopic (exact) mass is 181 g/mol. The summed E-state index contributed by atoms with van der Waals surface area (Å²) < 4.78 is 1.90. The molecule has 13 heavy (non-hydrogen) atoms. The van der Waals surface area contributed by atoms with Gasteiger partial charge in [-0.3, -0.25) is 9.78 Å². The van der Waals surface area contributed by atoms with Gasteiger partial charge in [-0.1, -0.05) is 0 Å². The van der Waals surface area contributed by atoms with Gasteiger partial charge in [0, 0.05) is 0 Å². The number of anilines is 1. The first-order valence-electron chi connectivity index (χ1n) is 3.53. The average molecular weight is 181 g/mol. The van der Waals surface area contributed by atoms with Crippen LogP contribution in [0.2, 0.25) is 0 Å². The third kappa shape index (κ3) is 0.934. The van der Waals surface area contributed by atoms with E-state index in [9.17, 15) is 10.0 Å². The van der Waals surface area contributed by atoms with Crippen LogP contribution in [0.5, 0.6) is 0 Å².